The van der Waals surface area contributed by atoms with Crippen molar-refractivity contribution in [1.82, 2.24) is 0 Å². The Morgan fingerprint density at radius 3 is 2.81 bits per heavy atom. The SMILES string of the molecule is C=CCC12C=CC(C1)C(C(=O)O)C2C(N)=O. The maximum absolute atomic E-state index is 11.5. The molecule has 0 aromatic rings. The third-order valence-electron chi connectivity index (χ3n) is 3.85. The van der Waals surface area contributed by atoms with Crippen molar-refractivity contribution in [2.45, 2.75) is 12.8 Å². The molecule has 4 unspecified atom stereocenters. The normalized spacial score (nSPS) is 39.9. The van der Waals surface area contributed by atoms with Crippen LogP contribution in [0.5, 0.6) is 0 Å². The summed E-state index contributed by atoms with van der Waals surface area (Å²) in [5.74, 6) is -2.76. The standard InChI is InChI=1S/C12H15NO3/c1-2-4-12-5-3-7(6-12)8(11(15)16)9(12)10(13)14/h2-3,5,7-9H,1,4,6H2,(H2,13,14)(H,15,16). The lowest BCUT2D eigenvalue weighted by atomic mass is 9.71. The van der Waals surface area contributed by atoms with Gasteiger partial charge in [0.25, 0.3) is 0 Å². The summed E-state index contributed by atoms with van der Waals surface area (Å²) in [6.45, 7) is 3.67. The lowest BCUT2D eigenvalue weighted by molar-refractivity contribution is -0.148. The zero-order valence-electron chi connectivity index (χ0n) is 8.93. The highest BCUT2D eigenvalue weighted by atomic mass is 16.4. The van der Waals surface area contributed by atoms with Gasteiger partial charge in [-0.05, 0) is 18.8 Å². The summed E-state index contributed by atoms with van der Waals surface area (Å²) >= 11 is 0. The number of carboxylic acids is 1. The van der Waals surface area contributed by atoms with E-state index in [1.165, 1.54) is 0 Å². The Hall–Kier alpha value is -1.58. The number of hydrogen-bond acceptors (Lipinski definition) is 2. The first-order valence-electron chi connectivity index (χ1n) is 5.34. The Kier molecular flexibility index (Phi) is 2.37. The van der Waals surface area contributed by atoms with Gasteiger partial charge in [-0.3, -0.25) is 9.59 Å². The molecule has 4 heteroatoms. The van der Waals surface area contributed by atoms with Gasteiger partial charge in [0.1, 0.15) is 0 Å². The van der Waals surface area contributed by atoms with Gasteiger partial charge < -0.3 is 10.8 Å². The number of hydrogen-bond donors (Lipinski definition) is 2. The molecule has 16 heavy (non-hydrogen) atoms. The van der Waals surface area contributed by atoms with Gasteiger partial charge in [0.2, 0.25) is 5.91 Å². The van der Waals surface area contributed by atoms with E-state index in [4.69, 9.17) is 10.8 Å². The van der Waals surface area contributed by atoms with E-state index >= 15 is 0 Å². The molecule has 1 amide bonds. The van der Waals surface area contributed by atoms with Crippen LogP contribution < -0.4 is 5.73 Å². The first-order chi connectivity index (χ1) is 7.52. The predicted octanol–water partition coefficient (Wildman–Crippen LogP) is 0.941. The topological polar surface area (TPSA) is 80.4 Å². The first-order valence-corrected chi connectivity index (χ1v) is 5.34. The van der Waals surface area contributed by atoms with Gasteiger partial charge in [0.05, 0.1) is 11.8 Å². The summed E-state index contributed by atoms with van der Waals surface area (Å²) in [4.78, 5) is 22.7. The lowest BCUT2D eigenvalue weighted by Gasteiger charge is -2.31. The molecule has 0 radical (unpaired) electrons. The molecule has 0 saturated heterocycles. The number of aliphatic carboxylic acids is 1. The van der Waals surface area contributed by atoms with Crippen molar-refractivity contribution in [3.8, 4) is 0 Å². The minimum Gasteiger partial charge on any atom is -0.481 e. The molecule has 2 rings (SSSR count). The molecule has 0 aromatic carbocycles. The highest BCUT2D eigenvalue weighted by Crippen LogP contribution is 2.58. The number of carbonyl (C=O) groups is 2. The number of carboxylic acid groups (broad SMARTS) is 1. The van der Waals surface area contributed by atoms with Gasteiger partial charge in [-0.25, -0.2) is 0 Å². The molecule has 2 aliphatic rings. The molecule has 1 saturated carbocycles. The van der Waals surface area contributed by atoms with Crippen LogP contribution in [0.25, 0.3) is 0 Å². The third-order valence-corrected chi connectivity index (χ3v) is 3.85. The summed E-state index contributed by atoms with van der Waals surface area (Å²) in [5.41, 5.74) is 4.96. The molecular formula is C12H15NO3. The monoisotopic (exact) mass is 221 g/mol. The van der Waals surface area contributed by atoms with E-state index in [1.54, 1.807) is 6.08 Å². The van der Waals surface area contributed by atoms with Crippen molar-refractivity contribution in [2.24, 2.45) is 28.9 Å². The number of fused-ring (bicyclic) bond motifs is 2. The van der Waals surface area contributed by atoms with Gasteiger partial charge in [-0.1, -0.05) is 18.2 Å². The third kappa shape index (κ3) is 1.29. The molecule has 0 heterocycles. The quantitative estimate of drug-likeness (QED) is 0.693. The Morgan fingerprint density at radius 2 is 2.31 bits per heavy atom. The number of carbonyl (C=O) groups excluding carboxylic acids is 1. The van der Waals surface area contributed by atoms with E-state index in [1.807, 2.05) is 12.2 Å². The van der Waals surface area contributed by atoms with Crippen LogP contribution >= 0.6 is 0 Å². The second-order valence-corrected chi connectivity index (χ2v) is 4.70. The van der Waals surface area contributed by atoms with Crippen molar-refractivity contribution < 1.29 is 14.7 Å². The first kappa shape index (κ1) is 10.9. The summed E-state index contributed by atoms with van der Waals surface area (Å²) < 4.78 is 0. The van der Waals surface area contributed by atoms with Crippen LogP contribution in [0.15, 0.2) is 24.8 Å². The van der Waals surface area contributed by atoms with Crippen molar-refractivity contribution in [3.63, 3.8) is 0 Å². The fraction of sp³-hybridized carbons (Fsp3) is 0.500. The van der Waals surface area contributed by atoms with E-state index in [-0.39, 0.29) is 5.92 Å². The van der Waals surface area contributed by atoms with Gasteiger partial charge in [0, 0.05) is 5.41 Å². The Balaban J connectivity index is 2.41. The molecule has 86 valence electrons. The van der Waals surface area contributed by atoms with E-state index in [0.29, 0.717) is 12.8 Å². The van der Waals surface area contributed by atoms with Crippen LogP contribution in [0.2, 0.25) is 0 Å². The number of primary amides is 1. The number of amides is 1. The highest BCUT2D eigenvalue weighted by Gasteiger charge is 2.59. The smallest absolute Gasteiger partial charge is 0.307 e. The van der Waals surface area contributed by atoms with Crippen molar-refractivity contribution >= 4 is 11.9 Å². The average Bonchev–Trinajstić information content (AvgIpc) is 2.72. The summed E-state index contributed by atoms with van der Waals surface area (Å²) in [5, 5.41) is 9.17. The van der Waals surface area contributed by atoms with Gasteiger partial charge in [-0.2, -0.15) is 0 Å². The second kappa shape index (κ2) is 3.47. The number of nitrogens with two attached hydrogens (primary N) is 1. The summed E-state index contributed by atoms with van der Waals surface area (Å²) in [6.07, 6.45) is 6.89. The van der Waals surface area contributed by atoms with Crippen LogP contribution in [0.3, 0.4) is 0 Å². The van der Waals surface area contributed by atoms with Crippen LogP contribution in [-0.2, 0) is 9.59 Å². The molecule has 0 aromatic heterocycles. The maximum atomic E-state index is 11.5. The summed E-state index contributed by atoms with van der Waals surface area (Å²) in [6, 6.07) is 0. The average molecular weight is 221 g/mol. The molecule has 3 N–H and O–H groups in total. The van der Waals surface area contributed by atoms with E-state index in [9.17, 15) is 9.59 Å². The molecule has 4 atom stereocenters. The Bertz CT molecular complexity index is 388. The van der Waals surface area contributed by atoms with Crippen LogP contribution in [0.1, 0.15) is 12.8 Å². The fourth-order valence-electron chi connectivity index (χ4n) is 3.31. The molecule has 0 aliphatic heterocycles. The molecular weight excluding hydrogens is 206 g/mol. The van der Waals surface area contributed by atoms with Crippen molar-refractivity contribution in [3.05, 3.63) is 24.8 Å². The Labute approximate surface area is 93.8 Å². The van der Waals surface area contributed by atoms with Crippen LogP contribution in [0, 0.1) is 23.2 Å². The number of allylic oxidation sites excluding steroid dienone is 3. The van der Waals surface area contributed by atoms with E-state index < -0.39 is 29.1 Å². The van der Waals surface area contributed by atoms with Crippen LogP contribution in [-0.4, -0.2) is 17.0 Å². The minimum atomic E-state index is -0.927. The minimum absolute atomic E-state index is 0.0602. The van der Waals surface area contributed by atoms with Gasteiger partial charge >= 0.3 is 5.97 Å². The zero-order valence-corrected chi connectivity index (χ0v) is 8.93. The highest BCUT2D eigenvalue weighted by molar-refractivity contribution is 5.86. The fourth-order valence-corrected chi connectivity index (χ4v) is 3.31. The van der Waals surface area contributed by atoms with Crippen molar-refractivity contribution in [2.75, 3.05) is 0 Å². The lowest BCUT2D eigenvalue weighted by Crippen LogP contribution is -2.41. The van der Waals surface area contributed by atoms with Gasteiger partial charge in [-0.15, -0.1) is 6.58 Å². The van der Waals surface area contributed by atoms with E-state index in [2.05, 4.69) is 6.58 Å². The maximum Gasteiger partial charge on any atom is 0.307 e. The van der Waals surface area contributed by atoms with Crippen LogP contribution in [0.4, 0.5) is 0 Å². The molecule has 1 fully saturated rings. The zero-order chi connectivity index (χ0) is 11.9. The molecule has 4 nitrogen and oxygen atoms in total. The second-order valence-electron chi connectivity index (χ2n) is 4.70. The predicted molar refractivity (Wildman–Crippen MR) is 58.3 cm³/mol. The molecule has 2 bridgehead atoms. The summed E-state index contributed by atoms with van der Waals surface area (Å²) in [7, 11) is 0. The van der Waals surface area contributed by atoms with Crippen molar-refractivity contribution in [1.29, 1.82) is 0 Å². The van der Waals surface area contributed by atoms with E-state index in [0.717, 1.165) is 0 Å². The largest absolute Gasteiger partial charge is 0.481 e. The number of rotatable bonds is 4. The molecule has 0 spiro atoms. The van der Waals surface area contributed by atoms with Gasteiger partial charge in [0.15, 0.2) is 0 Å². The molecule has 2 aliphatic carbocycles. The Morgan fingerprint density at radius 1 is 1.62 bits per heavy atom.